The zero-order valence-corrected chi connectivity index (χ0v) is 13.9. The largest absolute Gasteiger partial charge is 0.345 e. The van der Waals surface area contributed by atoms with Crippen molar-refractivity contribution in [3.05, 3.63) is 51.1 Å². The summed E-state index contributed by atoms with van der Waals surface area (Å²) in [4.78, 5) is 35.3. The van der Waals surface area contributed by atoms with E-state index in [2.05, 4.69) is 10.6 Å². The summed E-state index contributed by atoms with van der Waals surface area (Å²) in [7, 11) is 0. The highest BCUT2D eigenvalue weighted by molar-refractivity contribution is 7.07. The number of nitrogens with zero attached hydrogens (tertiary/aromatic N) is 1. The maximum Gasteiger partial charge on any atom is 0.313 e. The Balaban J connectivity index is 1.92. The van der Waals surface area contributed by atoms with Gasteiger partial charge in [0.2, 0.25) is 0 Å². The number of carbonyl (C=O) groups is 2. The second kappa shape index (κ2) is 7.73. The van der Waals surface area contributed by atoms with Crippen LogP contribution < -0.4 is 16.2 Å². The van der Waals surface area contributed by atoms with Crippen LogP contribution in [0.15, 0.2) is 40.0 Å². The maximum atomic E-state index is 11.9. The molecule has 0 saturated carbocycles. The number of amides is 2. The van der Waals surface area contributed by atoms with Gasteiger partial charge >= 0.3 is 11.8 Å². The maximum absolute atomic E-state index is 11.9. The Bertz CT molecular complexity index is 737. The number of aromatic nitrogens is 1. The van der Waals surface area contributed by atoms with Gasteiger partial charge in [0.25, 0.3) is 5.56 Å². The Morgan fingerprint density at radius 2 is 2.04 bits per heavy atom. The Labute approximate surface area is 138 Å². The molecule has 0 aromatic carbocycles. The number of carbonyl (C=O) groups excluding carboxylic acids is 2. The van der Waals surface area contributed by atoms with Crippen molar-refractivity contribution in [2.75, 3.05) is 5.32 Å². The fraction of sp³-hybridized carbons (Fsp3) is 0.312. The molecule has 7 heteroatoms. The monoisotopic (exact) mass is 333 g/mol. The van der Waals surface area contributed by atoms with Crippen molar-refractivity contribution >= 4 is 28.8 Å². The number of anilines is 1. The van der Waals surface area contributed by atoms with E-state index in [0.29, 0.717) is 18.7 Å². The van der Waals surface area contributed by atoms with Crippen LogP contribution in [0.2, 0.25) is 0 Å². The molecule has 122 valence electrons. The second-order valence-electron chi connectivity index (χ2n) is 5.21. The first kappa shape index (κ1) is 17.0. The molecule has 0 fully saturated rings. The van der Waals surface area contributed by atoms with E-state index in [-0.39, 0.29) is 11.6 Å². The Kier molecular flexibility index (Phi) is 5.70. The van der Waals surface area contributed by atoms with Gasteiger partial charge in [-0.25, -0.2) is 0 Å². The van der Waals surface area contributed by atoms with E-state index in [4.69, 9.17) is 0 Å². The quantitative estimate of drug-likeness (QED) is 0.816. The van der Waals surface area contributed by atoms with E-state index in [1.807, 2.05) is 30.7 Å². The van der Waals surface area contributed by atoms with E-state index < -0.39 is 11.8 Å². The molecule has 2 aromatic rings. The summed E-state index contributed by atoms with van der Waals surface area (Å²) in [6, 6.07) is 4.68. The van der Waals surface area contributed by atoms with Gasteiger partial charge in [0.1, 0.15) is 0 Å². The van der Waals surface area contributed by atoms with Crippen LogP contribution >= 0.6 is 11.3 Å². The summed E-state index contributed by atoms with van der Waals surface area (Å²) in [5.74, 6) is -1.44. The lowest BCUT2D eigenvalue weighted by atomic mass is 10.1. The minimum absolute atomic E-state index is 0.146. The minimum Gasteiger partial charge on any atom is -0.345 e. The predicted molar refractivity (Wildman–Crippen MR) is 90.6 cm³/mol. The molecule has 2 heterocycles. The molecule has 0 aliphatic heterocycles. The van der Waals surface area contributed by atoms with Crippen molar-refractivity contribution in [2.24, 2.45) is 0 Å². The number of rotatable bonds is 5. The highest BCUT2D eigenvalue weighted by Gasteiger charge is 2.17. The molecule has 0 aliphatic carbocycles. The molecule has 1 atom stereocenters. The lowest BCUT2D eigenvalue weighted by Crippen LogP contribution is -2.41. The second-order valence-corrected chi connectivity index (χ2v) is 5.99. The molecule has 0 saturated heterocycles. The van der Waals surface area contributed by atoms with Gasteiger partial charge in [0, 0.05) is 24.8 Å². The Morgan fingerprint density at radius 3 is 2.70 bits per heavy atom. The number of aryl methyl sites for hydroxylation is 1. The molecular weight excluding hydrogens is 314 g/mol. The fourth-order valence-electron chi connectivity index (χ4n) is 2.14. The summed E-state index contributed by atoms with van der Waals surface area (Å²) in [5, 5.41) is 9.14. The van der Waals surface area contributed by atoms with E-state index in [9.17, 15) is 14.4 Å². The summed E-state index contributed by atoms with van der Waals surface area (Å²) in [5.41, 5.74) is 1.38. The number of pyridine rings is 1. The average molecular weight is 333 g/mol. The zero-order valence-electron chi connectivity index (χ0n) is 13.0. The molecule has 23 heavy (non-hydrogen) atoms. The summed E-state index contributed by atoms with van der Waals surface area (Å²) in [6.07, 6.45) is 2.19. The van der Waals surface area contributed by atoms with Gasteiger partial charge in [-0.3, -0.25) is 14.4 Å². The van der Waals surface area contributed by atoms with E-state index in [1.54, 1.807) is 11.3 Å². The first-order valence-corrected chi connectivity index (χ1v) is 8.27. The number of hydrogen-bond acceptors (Lipinski definition) is 4. The van der Waals surface area contributed by atoms with Crippen LogP contribution in [0.5, 0.6) is 0 Å². The SMILES string of the molecule is CCn1cc(NC(=O)C(=O)N[C@H](C)Cc2ccsc2)ccc1=O. The van der Waals surface area contributed by atoms with Crippen LogP contribution in [-0.2, 0) is 22.6 Å². The lowest BCUT2D eigenvalue weighted by Gasteiger charge is -2.13. The lowest BCUT2D eigenvalue weighted by molar-refractivity contribution is -0.136. The first-order chi connectivity index (χ1) is 11.0. The molecule has 2 aromatic heterocycles. The zero-order chi connectivity index (χ0) is 16.8. The van der Waals surface area contributed by atoms with E-state index in [0.717, 1.165) is 5.56 Å². The van der Waals surface area contributed by atoms with Gasteiger partial charge in [-0.1, -0.05) is 0 Å². The molecule has 0 bridgehead atoms. The van der Waals surface area contributed by atoms with Crippen LogP contribution in [0.25, 0.3) is 0 Å². The van der Waals surface area contributed by atoms with Crippen LogP contribution in [0.1, 0.15) is 19.4 Å². The number of nitrogens with one attached hydrogen (secondary N) is 2. The van der Waals surface area contributed by atoms with Crippen molar-refractivity contribution in [1.82, 2.24) is 9.88 Å². The first-order valence-electron chi connectivity index (χ1n) is 7.33. The minimum atomic E-state index is -0.747. The van der Waals surface area contributed by atoms with Crippen molar-refractivity contribution in [3.8, 4) is 0 Å². The molecule has 0 aliphatic rings. The third-order valence-corrected chi connectivity index (χ3v) is 4.02. The standard InChI is InChI=1S/C16H19N3O3S/c1-3-19-9-13(4-5-14(19)20)18-16(22)15(21)17-11(2)8-12-6-7-23-10-12/h4-7,9-11H,3,8H2,1-2H3,(H,17,21)(H,18,22)/t11-/m1/s1. The molecule has 2 N–H and O–H groups in total. The third kappa shape index (κ3) is 4.79. The number of thiophene rings is 1. The molecule has 0 unspecified atom stereocenters. The van der Waals surface area contributed by atoms with Gasteiger partial charge in [-0.2, -0.15) is 11.3 Å². The summed E-state index contributed by atoms with van der Waals surface area (Å²) < 4.78 is 1.45. The van der Waals surface area contributed by atoms with Gasteiger partial charge in [-0.05, 0) is 48.7 Å². The topological polar surface area (TPSA) is 80.2 Å². The Hall–Kier alpha value is -2.41. The summed E-state index contributed by atoms with van der Waals surface area (Å²) >= 11 is 1.59. The van der Waals surface area contributed by atoms with Crippen molar-refractivity contribution in [3.63, 3.8) is 0 Å². The fourth-order valence-corrected chi connectivity index (χ4v) is 2.82. The van der Waals surface area contributed by atoms with Gasteiger partial charge in [0.05, 0.1) is 5.69 Å². The predicted octanol–water partition coefficient (Wildman–Crippen LogP) is 1.62. The third-order valence-electron chi connectivity index (χ3n) is 3.29. The smallest absolute Gasteiger partial charge is 0.313 e. The Morgan fingerprint density at radius 1 is 1.26 bits per heavy atom. The molecule has 2 amide bonds. The van der Waals surface area contributed by atoms with Crippen LogP contribution in [-0.4, -0.2) is 22.4 Å². The molecule has 2 rings (SSSR count). The van der Waals surface area contributed by atoms with Crippen LogP contribution in [0, 0.1) is 0 Å². The molecular formula is C16H19N3O3S. The highest BCUT2D eigenvalue weighted by atomic mass is 32.1. The van der Waals surface area contributed by atoms with Gasteiger partial charge < -0.3 is 15.2 Å². The normalized spacial score (nSPS) is 11.7. The van der Waals surface area contributed by atoms with E-state index in [1.165, 1.54) is 22.9 Å². The average Bonchev–Trinajstić information content (AvgIpc) is 3.01. The highest BCUT2D eigenvalue weighted by Crippen LogP contribution is 2.08. The molecule has 6 nitrogen and oxygen atoms in total. The van der Waals surface area contributed by atoms with Crippen LogP contribution in [0.4, 0.5) is 5.69 Å². The number of hydrogen-bond donors (Lipinski definition) is 2. The van der Waals surface area contributed by atoms with Crippen LogP contribution in [0.3, 0.4) is 0 Å². The van der Waals surface area contributed by atoms with Crippen molar-refractivity contribution in [1.29, 1.82) is 0 Å². The molecule has 0 radical (unpaired) electrons. The summed E-state index contributed by atoms with van der Waals surface area (Å²) in [6.45, 7) is 4.17. The van der Waals surface area contributed by atoms with Gasteiger partial charge in [-0.15, -0.1) is 0 Å². The van der Waals surface area contributed by atoms with Crippen molar-refractivity contribution < 1.29 is 9.59 Å². The van der Waals surface area contributed by atoms with E-state index >= 15 is 0 Å². The van der Waals surface area contributed by atoms with Gasteiger partial charge in [0.15, 0.2) is 0 Å². The van der Waals surface area contributed by atoms with Crippen molar-refractivity contribution in [2.45, 2.75) is 32.9 Å². The molecule has 0 spiro atoms.